The minimum Gasteiger partial charge on any atom is -0.348 e. The molecule has 3 heteroatoms. The van der Waals surface area contributed by atoms with Crippen LogP contribution in [-0.2, 0) is 0 Å². The zero-order valence-electron chi connectivity index (χ0n) is 6.67. The first kappa shape index (κ1) is 6.85. The minimum atomic E-state index is 0.646. The Morgan fingerprint density at radius 1 is 1.64 bits per heavy atom. The maximum atomic E-state index is 4.01. The van der Waals surface area contributed by atoms with Crippen molar-refractivity contribution in [1.82, 2.24) is 15.3 Å². The standard InChI is InChI=1S/C8H13N3/c1-6-2-7(3-10-6)8-4-9-5-11-8/h4-7,10H,2-3H2,1H3,(H,9,11). The summed E-state index contributed by atoms with van der Waals surface area (Å²) in [4.78, 5) is 7.16. The van der Waals surface area contributed by atoms with Crippen LogP contribution in [0.15, 0.2) is 12.5 Å². The van der Waals surface area contributed by atoms with E-state index in [0.717, 1.165) is 6.54 Å². The summed E-state index contributed by atoms with van der Waals surface area (Å²) in [7, 11) is 0. The first-order valence-electron chi connectivity index (χ1n) is 4.08. The molecule has 1 aliphatic rings. The molecule has 2 atom stereocenters. The number of hydrogen-bond acceptors (Lipinski definition) is 2. The maximum absolute atomic E-state index is 4.01. The maximum Gasteiger partial charge on any atom is 0.0921 e. The van der Waals surface area contributed by atoms with Gasteiger partial charge in [-0.25, -0.2) is 4.98 Å². The monoisotopic (exact) mass is 151 g/mol. The molecule has 0 saturated carbocycles. The lowest BCUT2D eigenvalue weighted by molar-refractivity contribution is 0.656. The van der Waals surface area contributed by atoms with Gasteiger partial charge in [0.2, 0.25) is 0 Å². The summed E-state index contributed by atoms with van der Waals surface area (Å²) in [5, 5.41) is 3.41. The van der Waals surface area contributed by atoms with Crippen LogP contribution in [0.4, 0.5) is 0 Å². The van der Waals surface area contributed by atoms with Gasteiger partial charge in [-0.3, -0.25) is 0 Å². The zero-order valence-corrected chi connectivity index (χ0v) is 6.67. The Kier molecular flexibility index (Phi) is 1.66. The predicted molar refractivity (Wildman–Crippen MR) is 43.4 cm³/mol. The highest BCUT2D eigenvalue weighted by atomic mass is 15.0. The fourth-order valence-corrected chi connectivity index (χ4v) is 1.66. The van der Waals surface area contributed by atoms with E-state index in [2.05, 4.69) is 22.2 Å². The molecule has 0 spiro atoms. The first-order chi connectivity index (χ1) is 5.36. The van der Waals surface area contributed by atoms with E-state index in [1.807, 2.05) is 6.20 Å². The van der Waals surface area contributed by atoms with Gasteiger partial charge in [0, 0.05) is 30.4 Å². The van der Waals surface area contributed by atoms with Gasteiger partial charge in [0.15, 0.2) is 0 Å². The van der Waals surface area contributed by atoms with E-state index in [9.17, 15) is 0 Å². The Bertz CT molecular complexity index is 217. The summed E-state index contributed by atoms with van der Waals surface area (Å²) in [6.45, 7) is 3.31. The molecular weight excluding hydrogens is 138 g/mol. The van der Waals surface area contributed by atoms with Gasteiger partial charge in [0.25, 0.3) is 0 Å². The zero-order chi connectivity index (χ0) is 7.68. The average Bonchev–Trinajstić information content (AvgIpc) is 2.55. The molecule has 2 rings (SSSR count). The van der Waals surface area contributed by atoms with Gasteiger partial charge in [-0.1, -0.05) is 0 Å². The number of aromatic amines is 1. The molecule has 0 amide bonds. The molecule has 11 heavy (non-hydrogen) atoms. The second kappa shape index (κ2) is 2.66. The number of hydrogen-bond donors (Lipinski definition) is 2. The van der Waals surface area contributed by atoms with E-state index in [1.54, 1.807) is 6.33 Å². The van der Waals surface area contributed by atoms with Crippen LogP contribution in [0.5, 0.6) is 0 Å². The molecule has 60 valence electrons. The van der Waals surface area contributed by atoms with E-state index in [0.29, 0.717) is 12.0 Å². The third-order valence-electron chi connectivity index (χ3n) is 2.31. The largest absolute Gasteiger partial charge is 0.348 e. The van der Waals surface area contributed by atoms with Gasteiger partial charge in [-0.2, -0.15) is 0 Å². The number of imidazole rings is 1. The molecule has 2 unspecified atom stereocenters. The molecule has 2 N–H and O–H groups in total. The van der Waals surface area contributed by atoms with Crippen LogP contribution in [0, 0.1) is 0 Å². The lowest BCUT2D eigenvalue weighted by Crippen LogP contribution is -2.16. The molecule has 1 saturated heterocycles. The van der Waals surface area contributed by atoms with Gasteiger partial charge in [0.05, 0.1) is 6.33 Å². The van der Waals surface area contributed by atoms with Crippen LogP contribution in [0.2, 0.25) is 0 Å². The normalized spacial score (nSPS) is 31.0. The fraction of sp³-hybridized carbons (Fsp3) is 0.625. The minimum absolute atomic E-state index is 0.646. The van der Waals surface area contributed by atoms with Crippen molar-refractivity contribution in [2.75, 3.05) is 6.54 Å². The van der Waals surface area contributed by atoms with Gasteiger partial charge in [-0.15, -0.1) is 0 Å². The number of nitrogens with one attached hydrogen (secondary N) is 2. The molecule has 3 nitrogen and oxygen atoms in total. The van der Waals surface area contributed by atoms with Crippen LogP contribution in [0.25, 0.3) is 0 Å². The second-order valence-corrected chi connectivity index (χ2v) is 3.25. The molecule has 0 radical (unpaired) electrons. The number of rotatable bonds is 1. The Morgan fingerprint density at radius 2 is 2.55 bits per heavy atom. The van der Waals surface area contributed by atoms with Crippen LogP contribution in [0.3, 0.4) is 0 Å². The summed E-state index contributed by atoms with van der Waals surface area (Å²) in [6, 6.07) is 0.656. The van der Waals surface area contributed by atoms with Crippen molar-refractivity contribution in [1.29, 1.82) is 0 Å². The van der Waals surface area contributed by atoms with Crippen molar-refractivity contribution in [3.8, 4) is 0 Å². The van der Waals surface area contributed by atoms with Crippen molar-refractivity contribution < 1.29 is 0 Å². The van der Waals surface area contributed by atoms with Crippen LogP contribution >= 0.6 is 0 Å². The quantitative estimate of drug-likeness (QED) is 0.625. The summed E-state index contributed by atoms with van der Waals surface area (Å²) < 4.78 is 0. The third-order valence-corrected chi connectivity index (χ3v) is 2.31. The third kappa shape index (κ3) is 1.28. The van der Waals surface area contributed by atoms with Gasteiger partial charge in [-0.05, 0) is 13.3 Å². The van der Waals surface area contributed by atoms with Gasteiger partial charge < -0.3 is 10.3 Å². The molecule has 0 bridgehead atoms. The highest BCUT2D eigenvalue weighted by Gasteiger charge is 2.22. The lowest BCUT2D eigenvalue weighted by atomic mass is 10.0. The fourth-order valence-electron chi connectivity index (χ4n) is 1.66. The van der Waals surface area contributed by atoms with E-state index < -0.39 is 0 Å². The summed E-state index contributed by atoms with van der Waals surface area (Å²) in [5.74, 6) is 0.646. The van der Waals surface area contributed by atoms with Crippen molar-refractivity contribution in [2.45, 2.75) is 25.3 Å². The summed E-state index contributed by atoms with van der Waals surface area (Å²) in [6.07, 6.45) is 4.89. The highest BCUT2D eigenvalue weighted by molar-refractivity contribution is 5.07. The Morgan fingerprint density at radius 3 is 3.09 bits per heavy atom. The summed E-state index contributed by atoms with van der Waals surface area (Å²) in [5.41, 5.74) is 1.27. The number of nitrogens with zero attached hydrogens (tertiary/aromatic N) is 1. The Labute approximate surface area is 66.2 Å². The van der Waals surface area contributed by atoms with Crippen molar-refractivity contribution in [2.24, 2.45) is 0 Å². The Hall–Kier alpha value is -0.830. The van der Waals surface area contributed by atoms with Crippen LogP contribution < -0.4 is 5.32 Å². The van der Waals surface area contributed by atoms with E-state index in [4.69, 9.17) is 0 Å². The SMILES string of the molecule is CC1CC(c2cnc[nH]2)CN1. The molecule has 1 aliphatic heterocycles. The topological polar surface area (TPSA) is 40.7 Å². The van der Waals surface area contributed by atoms with Crippen LogP contribution in [0.1, 0.15) is 25.0 Å². The Balaban J connectivity index is 2.08. The average molecular weight is 151 g/mol. The predicted octanol–water partition coefficient (Wildman–Crippen LogP) is 0.875. The van der Waals surface area contributed by atoms with Crippen molar-refractivity contribution in [3.63, 3.8) is 0 Å². The van der Waals surface area contributed by atoms with E-state index in [1.165, 1.54) is 12.1 Å². The highest BCUT2D eigenvalue weighted by Crippen LogP contribution is 2.22. The van der Waals surface area contributed by atoms with E-state index >= 15 is 0 Å². The molecule has 0 aliphatic carbocycles. The lowest BCUT2D eigenvalue weighted by Gasteiger charge is -2.03. The molecule has 0 aromatic carbocycles. The first-order valence-corrected chi connectivity index (χ1v) is 4.08. The second-order valence-electron chi connectivity index (χ2n) is 3.25. The smallest absolute Gasteiger partial charge is 0.0921 e. The van der Waals surface area contributed by atoms with Crippen molar-refractivity contribution >= 4 is 0 Å². The molecule has 1 aromatic rings. The molecule has 1 fully saturated rings. The molecule has 2 heterocycles. The van der Waals surface area contributed by atoms with Gasteiger partial charge >= 0.3 is 0 Å². The van der Waals surface area contributed by atoms with Crippen molar-refractivity contribution in [3.05, 3.63) is 18.2 Å². The number of H-pyrrole nitrogens is 1. The van der Waals surface area contributed by atoms with Crippen LogP contribution in [-0.4, -0.2) is 22.6 Å². The summed E-state index contributed by atoms with van der Waals surface area (Å²) >= 11 is 0. The van der Waals surface area contributed by atoms with E-state index in [-0.39, 0.29) is 0 Å². The number of aromatic nitrogens is 2. The molecule has 1 aromatic heterocycles. The van der Waals surface area contributed by atoms with Gasteiger partial charge in [0.1, 0.15) is 0 Å². The molecular formula is C8H13N3.